The second-order valence-electron chi connectivity index (χ2n) is 2.97. The molecule has 2 unspecified atom stereocenters. The van der Waals surface area contributed by atoms with Crippen molar-refractivity contribution in [3.05, 3.63) is 0 Å². The van der Waals surface area contributed by atoms with E-state index in [0.717, 1.165) is 11.8 Å². The predicted octanol–water partition coefficient (Wildman–Crippen LogP) is 3.28. The summed E-state index contributed by atoms with van der Waals surface area (Å²) >= 11 is 0.812. The van der Waals surface area contributed by atoms with Crippen LogP contribution in [0.2, 0.25) is 0 Å². The second kappa shape index (κ2) is 6.30. The summed E-state index contributed by atoms with van der Waals surface area (Å²) in [6, 6.07) is 0. The molecule has 0 aromatic rings. The Kier molecular flexibility index (Phi) is 6.16. The number of rotatable bonds is 5. The molecular formula is C8H11F5OS. The average molecular weight is 250 g/mol. The van der Waals surface area contributed by atoms with Crippen molar-refractivity contribution >= 4 is 16.9 Å². The lowest BCUT2D eigenvalue weighted by molar-refractivity contribution is -0.185. The van der Waals surface area contributed by atoms with Crippen LogP contribution in [-0.4, -0.2) is 29.4 Å². The van der Waals surface area contributed by atoms with Gasteiger partial charge in [-0.1, -0.05) is 11.8 Å². The lowest BCUT2D eigenvalue weighted by atomic mass is 10.1. The maximum atomic E-state index is 12.8. The number of hydrogen-bond acceptors (Lipinski definition) is 2. The first-order valence-corrected chi connectivity index (χ1v) is 5.20. The van der Waals surface area contributed by atoms with E-state index in [-0.39, 0.29) is 17.3 Å². The van der Waals surface area contributed by atoms with Crippen LogP contribution in [0.4, 0.5) is 22.0 Å². The Labute approximate surface area is 88.4 Å². The average Bonchev–Trinajstić information content (AvgIpc) is 2.01. The van der Waals surface area contributed by atoms with Gasteiger partial charge in [-0.3, -0.25) is 4.79 Å². The molecule has 0 N–H and O–H groups in total. The summed E-state index contributed by atoms with van der Waals surface area (Å²) in [5, 5.41) is -0.241. The number of carbonyl (C=O) groups is 1. The van der Waals surface area contributed by atoms with E-state index in [1.165, 1.54) is 6.92 Å². The predicted molar refractivity (Wildman–Crippen MR) is 48.2 cm³/mol. The molecule has 0 bridgehead atoms. The zero-order valence-electron chi connectivity index (χ0n) is 7.98. The quantitative estimate of drug-likeness (QED) is 0.696. The molecule has 7 heteroatoms. The Hall–Kier alpha value is -0.330. The van der Waals surface area contributed by atoms with E-state index in [4.69, 9.17) is 0 Å². The van der Waals surface area contributed by atoms with Crippen LogP contribution in [-0.2, 0) is 4.79 Å². The van der Waals surface area contributed by atoms with Crippen molar-refractivity contribution in [2.24, 2.45) is 0 Å². The molecule has 0 amide bonds. The monoisotopic (exact) mass is 250 g/mol. The van der Waals surface area contributed by atoms with Crippen LogP contribution in [0.3, 0.4) is 0 Å². The minimum absolute atomic E-state index is 0.0705. The van der Waals surface area contributed by atoms with E-state index in [2.05, 4.69) is 0 Å². The summed E-state index contributed by atoms with van der Waals surface area (Å²) in [7, 11) is 0. The van der Waals surface area contributed by atoms with Crippen LogP contribution < -0.4 is 0 Å². The van der Waals surface area contributed by atoms with Crippen molar-refractivity contribution in [1.29, 1.82) is 0 Å². The number of halogens is 5. The van der Waals surface area contributed by atoms with E-state index in [1.807, 2.05) is 0 Å². The molecule has 0 rings (SSSR count). The van der Waals surface area contributed by atoms with Gasteiger partial charge in [0.25, 0.3) is 0 Å². The smallest absolute Gasteiger partial charge is 0.288 e. The van der Waals surface area contributed by atoms with Crippen molar-refractivity contribution in [2.75, 3.05) is 5.75 Å². The Morgan fingerprint density at radius 1 is 1.33 bits per heavy atom. The van der Waals surface area contributed by atoms with Gasteiger partial charge in [0.15, 0.2) is 11.3 Å². The minimum Gasteiger partial charge on any atom is -0.288 e. The van der Waals surface area contributed by atoms with E-state index in [1.54, 1.807) is 0 Å². The molecule has 0 radical (unpaired) electrons. The van der Waals surface area contributed by atoms with Crippen LogP contribution in [0.15, 0.2) is 0 Å². The van der Waals surface area contributed by atoms with E-state index in [9.17, 15) is 26.7 Å². The number of hydrogen-bond donors (Lipinski definition) is 0. The van der Waals surface area contributed by atoms with Gasteiger partial charge in [0.2, 0.25) is 0 Å². The summed E-state index contributed by atoms with van der Waals surface area (Å²) in [4.78, 5) is 10.4. The molecule has 0 aliphatic heterocycles. The van der Waals surface area contributed by atoms with Crippen molar-refractivity contribution in [3.8, 4) is 0 Å². The molecule has 90 valence electrons. The normalized spacial score (nSPS) is 16.1. The van der Waals surface area contributed by atoms with Gasteiger partial charge in [-0.15, -0.1) is 0 Å². The van der Waals surface area contributed by atoms with Crippen LogP contribution >= 0.6 is 11.8 Å². The van der Waals surface area contributed by atoms with Gasteiger partial charge in [0.05, 0.1) is 0 Å². The highest BCUT2D eigenvalue weighted by molar-refractivity contribution is 8.13. The van der Waals surface area contributed by atoms with E-state index >= 15 is 0 Å². The van der Waals surface area contributed by atoms with Gasteiger partial charge in [0, 0.05) is 19.1 Å². The summed E-state index contributed by atoms with van der Waals surface area (Å²) < 4.78 is 60.1. The topological polar surface area (TPSA) is 17.1 Å². The van der Waals surface area contributed by atoms with E-state index in [0.29, 0.717) is 0 Å². The molecule has 0 spiro atoms. The molecule has 0 aromatic carbocycles. The lowest BCUT2D eigenvalue weighted by Gasteiger charge is -2.14. The van der Waals surface area contributed by atoms with Crippen molar-refractivity contribution < 1.29 is 26.7 Å². The van der Waals surface area contributed by atoms with Crippen LogP contribution in [0.25, 0.3) is 0 Å². The Balaban J connectivity index is 3.74. The van der Waals surface area contributed by atoms with Crippen molar-refractivity contribution in [3.63, 3.8) is 0 Å². The first-order valence-electron chi connectivity index (χ1n) is 4.21. The highest BCUT2D eigenvalue weighted by Gasteiger charge is 2.41. The van der Waals surface area contributed by atoms with Gasteiger partial charge in [-0.25, -0.2) is 8.78 Å². The van der Waals surface area contributed by atoms with Crippen molar-refractivity contribution in [1.82, 2.24) is 0 Å². The van der Waals surface area contributed by atoms with Crippen molar-refractivity contribution in [2.45, 2.75) is 38.3 Å². The third kappa shape index (κ3) is 7.58. The maximum absolute atomic E-state index is 12.8. The third-order valence-electron chi connectivity index (χ3n) is 1.55. The third-order valence-corrected chi connectivity index (χ3v) is 2.40. The highest BCUT2D eigenvalue weighted by Crippen LogP contribution is 2.28. The van der Waals surface area contributed by atoms with Gasteiger partial charge in [0.1, 0.15) is 6.17 Å². The van der Waals surface area contributed by atoms with Crippen LogP contribution in [0.1, 0.15) is 19.8 Å². The highest BCUT2D eigenvalue weighted by atomic mass is 32.2. The molecule has 0 aromatic heterocycles. The Morgan fingerprint density at radius 3 is 2.27 bits per heavy atom. The van der Waals surface area contributed by atoms with Crippen LogP contribution in [0, 0.1) is 0 Å². The molecule has 15 heavy (non-hydrogen) atoms. The number of alkyl halides is 5. The minimum atomic E-state index is -5.00. The fourth-order valence-corrected chi connectivity index (χ4v) is 1.47. The standard InChI is InChI=1S/C8H11F5OS/c1-5(14)15-3-2-6(9)4-7(10)8(11,12)13/h6-7H,2-4H2,1H3. The fraction of sp³-hybridized carbons (Fsp3) is 0.875. The number of carbonyl (C=O) groups excluding carboxylic acids is 1. The molecule has 0 saturated carbocycles. The zero-order chi connectivity index (χ0) is 12.1. The first kappa shape index (κ1) is 14.7. The van der Waals surface area contributed by atoms with Gasteiger partial charge in [-0.05, 0) is 6.42 Å². The molecule has 0 aliphatic carbocycles. The summed E-state index contributed by atoms with van der Waals surface area (Å²) in [6.07, 6.45) is -11.4. The zero-order valence-corrected chi connectivity index (χ0v) is 8.80. The molecular weight excluding hydrogens is 239 g/mol. The van der Waals surface area contributed by atoms with Gasteiger partial charge in [-0.2, -0.15) is 13.2 Å². The molecule has 0 aliphatic rings. The first-order chi connectivity index (χ1) is 6.73. The maximum Gasteiger partial charge on any atom is 0.419 e. The summed E-state index contributed by atoms with van der Waals surface area (Å²) in [6.45, 7) is 1.27. The molecule has 0 fully saturated rings. The molecule has 1 nitrogen and oxygen atoms in total. The number of thioether (sulfide) groups is 1. The second-order valence-corrected chi connectivity index (χ2v) is 4.24. The Morgan fingerprint density at radius 2 is 1.87 bits per heavy atom. The lowest BCUT2D eigenvalue weighted by Crippen LogP contribution is -2.27. The summed E-state index contributed by atoms with van der Waals surface area (Å²) in [5.41, 5.74) is 0. The molecule has 2 atom stereocenters. The Bertz CT molecular complexity index is 206. The largest absolute Gasteiger partial charge is 0.419 e. The van der Waals surface area contributed by atoms with Crippen LogP contribution in [0.5, 0.6) is 0 Å². The molecule has 0 heterocycles. The summed E-state index contributed by atoms with van der Waals surface area (Å²) in [5.74, 6) is 0.0705. The fourth-order valence-electron chi connectivity index (χ4n) is 0.807. The van der Waals surface area contributed by atoms with Gasteiger partial charge < -0.3 is 0 Å². The SMILES string of the molecule is CC(=O)SCCC(F)CC(F)C(F)(F)F. The van der Waals surface area contributed by atoms with E-state index < -0.39 is 24.9 Å². The van der Waals surface area contributed by atoms with Gasteiger partial charge >= 0.3 is 6.18 Å². The molecule has 0 saturated heterocycles.